The van der Waals surface area contributed by atoms with E-state index in [0.29, 0.717) is 11.8 Å². The van der Waals surface area contributed by atoms with Gasteiger partial charge in [0, 0.05) is 55.5 Å². The third kappa shape index (κ3) is 5.46. The van der Waals surface area contributed by atoms with Gasteiger partial charge in [-0.05, 0) is 74.9 Å². The Bertz CT molecular complexity index is 1080. The van der Waals surface area contributed by atoms with Crippen LogP contribution in [0.15, 0.2) is 36.5 Å². The first-order valence-corrected chi connectivity index (χ1v) is 13.2. The summed E-state index contributed by atoms with van der Waals surface area (Å²) in [5, 5.41) is 9.54. The highest BCUT2D eigenvalue weighted by Gasteiger charge is 2.25. The predicted octanol–water partition coefficient (Wildman–Crippen LogP) is 4.84. The first-order valence-electron chi connectivity index (χ1n) is 12.8. The lowest BCUT2D eigenvalue weighted by Gasteiger charge is -2.33. The lowest BCUT2D eigenvalue weighted by Crippen LogP contribution is -2.34. The number of aryl methyl sites for hydroxylation is 1. The highest BCUT2D eigenvalue weighted by molar-refractivity contribution is 6.30. The van der Waals surface area contributed by atoms with E-state index in [4.69, 9.17) is 26.4 Å². The molecule has 0 radical (unpaired) electrons. The summed E-state index contributed by atoms with van der Waals surface area (Å²) >= 11 is 6.07. The Kier molecular flexibility index (Phi) is 7.80. The molecule has 0 saturated carbocycles. The molecule has 1 aromatic carbocycles. The number of fused-ring (bicyclic) bond motifs is 1. The molecule has 6 nitrogen and oxygen atoms in total. The van der Waals surface area contributed by atoms with Gasteiger partial charge in [0.1, 0.15) is 0 Å². The van der Waals surface area contributed by atoms with E-state index in [1.807, 2.05) is 18.3 Å². The number of nitrogens with one attached hydrogen (secondary N) is 1. The van der Waals surface area contributed by atoms with Crippen LogP contribution in [-0.2, 0) is 24.2 Å². The summed E-state index contributed by atoms with van der Waals surface area (Å²) in [7, 11) is 0. The largest absolute Gasteiger partial charge is 0.381 e. The van der Waals surface area contributed by atoms with Crippen LogP contribution in [0.4, 0.5) is 0 Å². The van der Waals surface area contributed by atoms with Crippen LogP contribution in [0.2, 0.25) is 5.02 Å². The maximum Gasteiger partial charge on any atom is 0.160 e. The summed E-state index contributed by atoms with van der Waals surface area (Å²) < 4.78 is 7.64. The van der Waals surface area contributed by atoms with Gasteiger partial charge in [-0.25, -0.2) is 9.50 Å². The van der Waals surface area contributed by atoms with Gasteiger partial charge in [0.25, 0.3) is 0 Å². The van der Waals surface area contributed by atoms with Crippen LogP contribution in [0.3, 0.4) is 0 Å². The van der Waals surface area contributed by atoms with Crippen LogP contribution < -0.4 is 5.32 Å². The number of hydrogen-bond donors (Lipinski definition) is 1. The number of aromatic nitrogens is 3. The minimum Gasteiger partial charge on any atom is -0.381 e. The average molecular weight is 482 g/mol. The number of rotatable bonds is 8. The number of likely N-dealkylation sites (tertiary alicyclic amines) is 1. The molecular weight excluding hydrogens is 446 g/mol. The molecular formula is C27H36ClN5O. The fraction of sp³-hybridized carbons (Fsp3) is 0.556. The lowest BCUT2D eigenvalue weighted by molar-refractivity contribution is 0.0662. The summed E-state index contributed by atoms with van der Waals surface area (Å²) in [6.07, 6.45) is 7.59. The molecule has 5 rings (SSSR count). The van der Waals surface area contributed by atoms with Crippen LogP contribution in [0, 0.1) is 5.92 Å². The average Bonchev–Trinajstić information content (AvgIpc) is 3.24. The van der Waals surface area contributed by atoms with E-state index in [0.717, 1.165) is 81.6 Å². The van der Waals surface area contributed by atoms with E-state index in [1.54, 1.807) is 0 Å². The molecule has 0 spiro atoms. The third-order valence-corrected chi connectivity index (χ3v) is 7.63. The van der Waals surface area contributed by atoms with Gasteiger partial charge >= 0.3 is 0 Å². The van der Waals surface area contributed by atoms with Crippen molar-refractivity contribution in [2.75, 3.05) is 32.8 Å². The second-order valence-corrected chi connectivity index (χ2v) is 10.2. The number of nitrogens with zero attached hydrogens (tertiary/aromatic N) is 4. The van der Waals surface area contributed by atoms with E-state index < -0.39 is 0 Å². The number of halogens is 1. The van der Waals surface area contributed by atoms with Crippen LogP contribution in [0.25, 0.3) is 5.65 Å². The topological polar surface area (TPSA) is 54.7 Å². The molecule has 2 aliphatic rings. The summed E-state index contributed by atoms with van der Waals surface area (Å²) in [6, 6.07) is 10.4. The Morgan fingerprint density at radius 1 is 1.12 bits per heavy atom. The number of ether oxygens (including phenoxy) is 1. The third-order valence-electron chi connectivity index (χ3n) is 7.38. The highest BCUT2D eigenvalue weighted by Crippen LogP contribution is 2.29. The van der Waals surface area contributed by atoms with Crippen molar-refractivity contribution in [1.82, 2.24) is 24.8 Å². The maximum atomic E-state index is 6.07. The summed E-state index contributed by atoms with van der Waals surface area (Å²) in [5.74, 6) is 1.16. The Morgan fingerprint density at radius 2 is 1.94 bits per heavy atom. The zero-order valence-corrected chi connectivity index (χ0v) is 20.9. The van der Waals surface area contributed by atoms with Gasteiger partial charge in [-0.2, -0.15) is 5.10 Å². The van der Waals surface area contributed by atoms with Crippen LogP contribution in [0.5, 0.6) is 0 Å². The van der Waals surface area contributed by atoms with E-state index >= 15 is 0 Å². The first kappa shape index (κ1) is 23.7. The monoisotopic (exact) mass is 481 g/mol. The normalized spacial score (nSPS) is 20.2. The molecule has 1 N–H and O–H groups in total. The number of hydrogen-bond acceptors (Lipinski definition) is 5. The molecule has 3 aromatic rings. The first-order chi connectivity index (χ1) is 16.7. The summed E-state index contributed by atoms with van der Waals surface area (Å²) in [5.41, 5.74) is 6.04. The van der Waals surface area contributed by atoms with E-state index in [-0.39, 0.29) is 0 Å². The minimum absolute atomic E-state index is 0.458. The van der Waals surface area contributed by atoms with Crippen LogP contribution in [0.1, 0.15) is 61.0 Å². The fourth-order valence-electron chi connectivity index (χ4n) is 5.47. The van der Waals surface area contributed by atoms with Crippen LogP contribution >= 0.6 is 11.6 Å². The molecule has 0 aliphatic carbocycles. The van der Waals surface area contributed by atoms with Gasteiger partial charge in [0.15, 0.2) is 5.65 Å². The Morgan fingerprint density at radius 3 is 2.74 bits per heavy atom. The Balaban J connectivity index is 1.31. The van der Waals surface area contributed by atoms with Crippen molar-refractivity contribution >= 4 is 17.2 Å². The molecule has 7 heteroatoms. The molecule has 1 atom stereocenters. The minimum atomic E-state index is 0.458. The molecule has 0 amide bonds. The quantitative estimate of drug-likeness (QED) is 0.499. The van der Waals surface area contributed by atoms with Crippen molar-refractivity contribution in [3.63, 3.8) is 0 Å². The van der Waals surface area contributed by atoms with Gasteiger partial charge < -0.3 is 10.1 Å². The predicted molar refractivity (Wildman–Crippen MR) is 136 cm³/mol. The summed E-state index contributed by atoms with van der Waals surface area (Å²) in [6.45, 7) is 8.98. The van der Waals surface area contributed by atoms with E-state index in [1.165, 1.54) is 29.7 Å². The molecule has 2 saturated heterocycles. The van der Waals surface area contributed by atoms with Gasteiger partial charge in [-0.15, -0.1) is 0 Å². The van der Waals surface area contributed by atoms with Crippen molar-refractivity contribution in [2.24, 2.45) is 5.92 Å². The lowest BCUT2D eigenvalue weighted by atomic mass is 9.94. The van der Waals surface area contributed by atoms with E-state index in [2.05, 4.69) is 39.9 Å². The maximum absolute atomic E-state index is 6.07. The van der Waals surface area contributed by atoms with Gasteiger partial charge in [0.2, 0.25) is 0 Å². The molecule has 34 heavy (non-hydrogen) atoms. The van der Waals surface area contributed by atoms with Crippen LogP contribution in [-0.4, -0.2) is 52.3 Å². The van der Waals surface area contributed by atoms with Crippen molar-refractivity contribution in [2.45, 2.75) is 58.0 Å². The SMILES string of the molecule is CCc1nn2c(C3CCCN(Cc4ccc(Cl)cc4)C3)ccnc2c1CNCC1CCOCC1. The molecule has 2 aromatic heterocycles. The van der Waals surface area contributed by atoms with Gasteiger partial charge in [-0.1, -0.05) is 30.7 Å². The molecule has 2 aliphatic heterocycles. The Labute approximate surface area is 207 Å². The molecule has 2 fully saturated rings. The molecule has 1 unspecified atom stereocenters. The van der Waals surface area contributed by atoms with E-state index in [9.17, 15) is 0 Å². The second-order valence-electron chi connectivity index (χ2n) is 9.77. The second kappa shape index (κ2) is 11.2. The molecule has 0 bridgehead atoms. The zero-order valence-electron chi connectivity index (χ0n) is 20.2. The Hall–Kier alpha value is -1.99. The number of piperidine rings is 1. The van der Waals surface area contributed by atoms with Crippen molar-refractivity contribution in [1.29, 1.82) is 0 Å². The van der Waals surface area contributed by atoms with Crippen molar-refractivity contribution in [3.05, 3.63) is 64.1 Å². The smallest absolute Gasteiger partial charge is 0.160 e. The van der Waals surface area contributed by atoms with Gasteiger partial charge in [0.05, 0.1) is 11.4 Å². The zero-order chi connectivity index (χ0) is 23.3. The van der Waals surface area contributed by atoms with Crippen molar-refractivity contribution < 1.29 is 4.74 Å². The fourth-order valence-corrected chi connectivity index (χ4v) is 5.59. The van der Waals surface area contributed by atoms with Gasteiger partial charge in [-0.3, -0.25) is 4.90 Å². The van der Waals surface area contributed by atoms with Crippen molar-refractivity contribution in [3.8, 4) is 0 Å². The molecule has 182 valence electrons. The summed E-state index contributed by atoms with van der Waals surface area (Å²) in [4.78, 5) is 7.34. The highest BCUT2D eigenvalue weighted by atomic mass is 35.5. The number of benzene rings is 1. The molecule has 4 heterocycles. The standard InChI is InChI=1S/C27H36ClN5O/c1-2-25-24(17-29-16-20-10-14-34-15-11-20)27-30-12-9-26(33(27)31-25)22-4-3-13-32(19-22)18-21-5-7-23(28)8-6-21/h5-9,12,20,22,29H,2-4,10-11,13-19H2,1H3.